The van der Waals surface area contributed by atoms with Gasteiger partial charge in [-0.15, -0.1) is 12.4 Å². The molecule has 0 heterocycles. The van der Waals surface area contributed by atoms with Crippen molar-refractivity contribution in [2.24, 2.45) is 5.73 Å². The van der Waals surface area contributed by atoms with Crippen molar-refractivity contribution in [2.75, 3.05) is 5.32 Å². The van der Waals surface area contributed by atoms with Crippen LogP contribution in [0.5, 0.6) is 0 Å². The van der Waals surface area contributed by atoms with E-state index in [9.17, 15) is 13.2 Å². The van der Waals surface area contributed by atoms with Gasteiger partial charge in [0.25, 0.3) is 0 Å². The van der Waals surface area contributed by atoms with Gasteiger partial charge in [0.1, 0.15) is 0 Å². The Morgan fingerprint density at radius 2 is 1.80 bits per heavy atom. The van der Waals surface area contributed by atoms with Crippen LogP contribution in [0.4, 0.5) is 5.69 Å². The molecular formula is C18H23ClN2O3S. The summed E-state index contributed by atoms with van der Waals surface area (Å²) in [5, 5.41) is 2.77. The quantitative estimate of drug-likeness (QED) is 0.769. The standard InChI is InChI=1S/C18H22N2O3S.ClH/c1-14(19)10-11-18(21)20-16-7-5-6-15(12-16)13-24(22,23)17-8-3-2-4-9-17;/h2-9,12,14H,10-11,13,19H2,1H3,(H,20,21);1H. The van der Waals surface area contributed by atoms with Crippen molar-refractivity contribution < 1.29 is 13.2 Å². The van der Waals surface area contributed by atoms with Crippen molar-refractivity contribution >= 4 is 33.8 Å². The van der Waals surface area contributed by atoms with Gasteiger partial charge in [0.15, 0.2) is 9.84 Å². The minimum Gasteiger partial charge on any atom is -0.328 e. The van der Waals surface area contributed by atoms with Gasteiger partial charge < -0.3 is 11.1 Å². The van der Waals surface area contributed by atoms with Crippen LogP contribution < -0.4 is 11.1 Å². The van der Waals surface area contributed by atoms with Gasteiger partial charge in [-0.1, -0.05) is 30.3 Å². The summed E-state index contributed by atoms with van der Waals surface area (Å²) < 4.78 is 24.8. The number of halogens is 1. The van der Waals surface area contributed by atoms with Gasteiger partial charge in [0, 0.05) is 18.2 Å². The van der Waals surface area contributed by atoms with Crippen molar-refractivity contribution in [1.29, 1.82) is 0 Å². The SMILES string of the molecule is CC(N)CCC(=O)Nc1cccc(CS(=O)(=O)c2ccccc2)c1.Cl. The van der Waals surface area contributed by atoms with Crippen molar-refractivity contribution in [2.45, 2.75) is 36.5 Å². The number of carbonyl (C=O) groups is 1. The van der Waals surface area contributed by atoms with Crippen LogP contribution in [0.2, 0.25) is 0 Å². The van der Waals surface area contributed by atoms with Crippen LogP contribution in [-0.4, -0.2) is 20.4 Å². The first-order chi connectivity index (χ1) is 11.4. The predicted molar refractivity (Wildman–Crippen MR) is 103 cm³/mol. The molecule has 1 unspecified atom stereocenters. The average molecular weight is 383 g/mol. The van der Waals surface area contributed by atoms with Crippen molar-refractivity contribution in [1.82, 2.24) is 0 Å². The highest BCUT2D eigenvalue weighted by atomic mass is 35.5. The molecule has 0 radical (unpaired) electrons. The molecule has 3 N–H and O–H groups in total. The molecular weight excluding hydrogens is 360 g/mol. The number of hydrogen-bond donors (Lipinski definition) is 2. The molecule has 7 heteroatoms. The maximum absolute atomic E-state index is 12.4. The molecule has 0 fully saturated rings. The lowest BCUT2D eigenvalue weighted by Crippen LogP contribution is -2.19. The summed E-state index contributed by atoms with van der Waals surface area (Å²) in [7, 11) is -3.41. The number of sulfone groups is 1. The number of rotatable bonds is 7. The van der Waals surface area contributed by atoms with Gasteiger partial charge in [-0.25, -0.2) is 8.42 Å². The van der Waals surface area contributed by atoms with E-state index in [1.54, 1.807) is 54.6 Å². The topological polar surface area (TPSA) is 89.3 Å². The smallest absolute Gasteiger partial charge is 0.224 e. The molecule has 2 aromatic carbocycles. The second kappa shape index (κ2) is 9.56. The molecule has 2 aromatic rings. The Kier molecular flexibility index (Phi) is 8.09. The molecule has 2 rings (SSSR count). The summed E-state index contributed by atoms with van der Waals surface area (Å²) in [6.07, 6.45) is 0.943. The van der Waals surface area contributed by atoms with Crippen LogP contribution in [0, 0.1) is 0 Å². The van der Waals surface area contributed by atoms with Gasteiger partial charge in [0.05, 0.1) is 10.6 Å². The number of amides is 1. The Labute approximate surface area is 155 Å². The zero-order valence-electron chi connectivity index (χ0n) is 14.0. The summed E-state index contributed by atoms with van der Waals surface area (Å²) in [5.74, 6) is -0.240. The molecule has 0 aromatic heterocycles. The Hall–Kier alpha value is -1.89. The minimum absolute atomic E-state index is 0. The normalized spacial score (nSPS) is 12.1. The lowest BCUT2D eigenvalue weighted by Gasteiger charge is -2.09. The van der Waals surface area contributed by atoms with Crippen LogP contribution in [-0.2, 0) is 20.4 Å². The highest BCUT2D eigenvalue weighted by Crippen LogP contribution is 2.19. The van der Waals surface area contributed by atoms with Crippen molar-refractivity contribution in [3.8, 4) is 0 Å². The Bertz CT molecular complexity index is 793. The van der Waals surface area contributed by atoms with E-state index >= 15 is 0 Å². The lowest BCUT2D eigenvalue weighted by atomic mass is 10.2. The maximum atomic E-state index is 12.4. The highest BCUT2D eigenvalue weighted by Gasteiger charge is 2.15. The molecule has 0 aliphatic carbocycles. The van der Waals surface area contributed by atoms with E-state index in [4.69, 9.17) is 5.73 Å². The highest BCUT2D eigenvalue weighted by molar-refractivity contribution is 7.90. The van der Waals surface area contributed by atoms with Crippen molar-refractivity contribution in [3.63, 3.8) is 0 Å². The molecule has 1 atom stereocenters. The van der Waals surface area contributed by atoms with E-state index in [-0.39, 0.29) is 35.0 Å². The second-order valence-electron chi connectivity index (χ2n) is 5.84. The average Bonchev–Trinajstić information content (AvgIpc) is 2.54. The fourth-order valence-corrected chi connectivity index (χ4v) is 3.61. The van der Waals surface area contributed by atoms with Gasteiger partial charge >= 0.3 is 0 Å². The van der Waals surface area contributed by atoms with E-state index in [0.29, 0.717) is 24.1 Å². The fraction of sp³-hybridized carbons (Fsp3) is 0.278. The first-order valence-electron chi connectivity index (χ1n) is 7.79. The fourth-order valence-electron chi connectivity index (χ4n) is 2.25. The zero-order valence-corrected chi connectivity index (χ0v) is 15.6. The van der Waals surface area contributed by atoms with Crippen molar-refractivity contribution in [3.05, 3.63) is 60.2 Å². The Morgan fingerprint density at radius 3 is 2.44 bits per heavy atom. The summed E-state index contributed by atoms with van der Waals surface area (Å²) in [5.41, 5.74) is 6.85. The molecule has 0 aliphatic heterocycles. The number of nitrogens with one attached hydrogen (secondary N) is 1. The molecule has 5 nitrogen and oxygen atoms in total. The van der Waals surface area contributed by atoms with Crippen LogP contribution >= 0.6 is 12.4 Å². The zero-order chi connectivity index (χ0) is 17.6. The predicted octanol–water partition coefficient (Wildman–Crippen LogP) is 3.15. The second-order valence-corrected chi connectivity index (χ2v) is 7.83. The summed E-state index contributed by atoms with van der Waals surface area (Å²) in [4.78, 5) is 12.1. The number of carbonyl (C=O) groups excluding carboxylic acids is 1. The minimum atomic E-state index is -3.41. The third kappa shape index (κ3) is 6.86. The molecule has 136 valence electrons. The Balaban J connectivity index is 0.00000312. The largest absolute Gasteiger partial charge is 0.328 e. The number of anilines is 1. The monoisotopic (exact) mass is 382 g/mol. The third-order valence-corrected chi connectivity index (χ3v) is 5.20. The van der Waals surface area contributed by atoms with Crippen LogP contribution in [0.15, 0.2) is 59.5 Å². The van der Waals surface area contributed by atoms with E-state index < -0.39 is 9.84 Å². The number of hydrogen-bond acceptors (Lipinski definition) is 4. The molecule has 0 aliphatic rings. The molecule has 0 saturated heterocycles. The van der Waals surface area contributed by atoms with Gasteiger partial charge in [0.2, 0.25) is 5.91 Å². The Morgan fingerprint density at radius 1 is 1.12 bits per heavy atom. The van der Waals surface area contributed by atoms with Gasteiger partial charge in [-0.05, 0) is 43.2 Å². The maximum Gasteiger partial charge on any atom is 0.224 e. The van der Waals surface area contributed by atoms with Gasteiger partial charge in [-0.3, -0.25) is 4.79 Å². The van der Waals surface area contributed by atoms with E-state index in [0.717, 1.165) is 0 Å². The van der Waals surface area contributed by atoms with Gasteiger partial charge in [-0.2, -0.15) is 0 Å². The molecule has 0 saturated carbocycles. The summed E-state index contributed by atoms with van der Waals surface area (Å²) >= 11 is 0. The lowest BCUT2D eigenvalue weighted by molar-refractivity contribution is -0.116. The van der Waals surface area contributed by atoms with E-state index in [2.05, 4.69) is 5.32 Å². The van der Waals surface area contributed by atoms with E-state index in [1.165, 1.54) is 0 Å². The number of benzene rings is 2. The number of nitrogens with two attached hydrogens (primary N) is 1. The van der Waals surface area contributed by atoms with Crippen LogP contribution in [0.1, 0.15) is 25.3 Å². The summed E-state index contributed by atoms with van der Waals surface area (Å²) in [6.45, 7) is 1.85. The molecule has 25 heavy (non-hydrogen) atoms. The summed E-state index contributed by atoms with van der Waals surface area (Å²) in [6, 6.07) is 15.2. The first-order valence-corrected chi connectivity index (χ1v) is 9.44. The van der Waals surface area contributed by atoms with E-state index in [1.807, 2.05) is 6.92 Å². The van der Waals surface area contributed by atoms with Crippen LogP contribution in [0.25, 0.3) is 0 Å². The third-order valence-electron chi connectivity index (χ3n) is 3.50. The van der Waals surface area contributed by atoms with Crippen LogP contribution in [0.3, 0.4) is 0 Å². The molecule has 1 amide bonds. The molecule has 0 bridgehead atoms. The molecule has 0 spiro atoms. The first kappa shape index (κ1) is 21.2.